The summed E-state index contributed by atoms with van der Waals surface area (Å²) in [5, 5.41) is 0. The highest BCUT2D eigenvalue weighted by Gasteiger charge is 2.14. The third-order valence-electron chi connectivity index (χ3n) is 1.64. The summed E-state index contributed by atoms with van der Waals surface area (Å²) in [6.45, 7) is 0. The maximum absolute atomic E-state index is 11.4. The molecule has 0 amide bonds. The zero-order valence-electron chi connectivity index (χ0n) is 8.39. The summed E-state index contributed by atoms with van der Waals surface area (Å²) in [4.78, 5) is 29.8. The number of hydrogen-bond acceptors (Lipinski definition) is 6. The van der Waals surface area contributed by atoms with Crippen molar-refractivity contribution in [2.24, 2.45) is 0 Å². The molecular weight excluding hydrogens is 200 g/mol. The molecule has 0 N–H and O–H groups in total. The minimum absolute atomic E-state index is 0.0831. The van der Waals surface area contributed by atoms with E-state index in [1.54, 1.807) is 0 Å². The van der Waals surface area contributed by atoms with Gasteiger partial charge in [-0.3, -0.25) is 14.6 Å². The van der Waals surface area contributed by atoms with Gasteiger partial charge in [0, 0.05) is 0 Å². The Hall–Kier alpha value is -1.98. The van der Waals surface area contributed by atoms with E-state index in [2.05, 4.69) is 14.7 Å². The second kappa shape index (κ2) is 5.04. The van der Waals surface area contributed by atoms with E-state index < -0.39 is 11.8 Å². The number of hydrogen-bond donors (Lipinski definition) is 0. The molecule has 0 spiro atoms. The Morgan fingerprint density at radius 2 is 2.07 bits per heavy atom. The number of Topliss-reactive ketones (excluding diaryl/α,β-unsaturated/α-hetero) is 1. The number of ether oxygens (including phenoxy) is 2. The highest BCUT2D eigenvalue weighted by Crippen LogP contribution is 2.06. The molecule has 0 aromatic carbocycles. The Balaban J connectivity index is 2.77. The van der Waals surface area contributed by atoms with Crippen molar-refractivity contribution in [3.63, 3.8) is 0 Å². The topological polar surface area (TPSA) is 78.4 Å². The van der Waals surface area contributed by atoms with Crippen LogP contribution in [0.1, 0.15) is 16.9 Å². The van der Waals surface area contributed by atoms with Crippen LogP contribution in [-0.4, -0.2) is 35.9 Å². The normalized spacial score (nSPS) is 9.47. The molecule has 0 atom stereocenters. The molecule has 0 saturated heterocycles. The molecule has 0 aliphatic carbocycles. The summed E-state index contributed by atoms with van der Waals surface area (Å²) >= 11 is 0. The highest BCUT2D eigenvalue weighted by atomic mass is 16.5. The van der Waals surface area contributed by atoms with Crippen LogP contribution in [0.4, 0.5) is 0 Å². The SMILES string of the molecule is COC(=O)CC(=O)c1cncc(OC)n1. The van der Waals surface area contributed by atoms with Gasteiger partial charge in [-0.25, -0.2) is 4.98 Å². The fourth-order valence-electron chi connectivity index (χ4n) is 0.875. The van der Waals surface area contributed by atoms with Crippen LogP contribution < -0.4 is 4.74 Å². The summed E-state index contributed by atoms with van der Waals surface area (Å²) in [7, 11) is 2.63. The molecule has 6 heteroatoms. The van der Waals surface area contributed by atoms with Crippen LogP contribution >= 0.6 is 0 Å². The third-order valence-corrected chi connectivity index (χ3v) is 1.64. The molecule has 0 fully saturated rings. The van der Waals surface area contributed by atoms with Gasteiger partial charge in [-0.05, 0) is 0 Å². The quantitative estimate of drug-likeness (QED) is 0.402. The van der Waals surface area contributed by atoms with Gasteiger partial charge in [0.2, 0.25) is 5.88 Å². The van der Waals surface area contributed by atoms with Gasteiger partial charge in [0.05, 0.1) is 26.6 Å². The molecular formula is C9H10N2O4. The Labute approximate surface area is 86.2 Å². The second-order valence-electron chi connectivity index (χ2n) is 2.62. The van der Waals surface area contributed by atoms with E-state index in [9.17, 15) is 9.59 Å². The average molecular weight is 210 g/mol. The largest absolute Gasteiger partial charge is 0.480 e. The van der Waals surface area contributed by atoms with Crippen molar-refractivity contribution in [1.82, 2.24) is 9.97 Å². The van der Waals surface area contributed by atoms with Gasteiger partial charge in [-0.15, -0.1) is 0 Å². The predicted octanol–water partition coefficient (Wildman–Crippen LogP) is 0.231. The fourth-order valence-corrected chi connectivity index (χ4v) is 0.875. The molecule has 0 saturated carbocycles. The number of carbonyl (C=O) groups excluding carboxylic acids is 2. The minimum Gasteiger partial charge on any atom is -0.480 e. The lowest BCUT2D eigenvalue weighted by Crippen LogP contribution is -2.11. The van der Waals surface area contributed by atoms with Crippen LogP contribution in [0.15, 0.2) is 12.4 Å². The third kappa shape index (κ3) is 3.01. The van der Waals surface area contributed by atoms with Gasteiger partial charge in [0.1, 0.15) is 12.1 Å². The summed E-state index contributed by atoms with van der Waals surface area (Å²) in [5.41, 5.74) is 0.0831. The van der Waals surface area contributed by atoms with Gasteiger partial charge >= 0.3 is 5.97 Å². The van der Waals surface area contributed by atoms with Gasteiger partial charge in [-0.2, -0.15) is 0 Å². The Bertz CT molecular complexity index is 378. The van der Waals surface area contributed by atoms with Crippen molar-refractivity contribution in [3.8, 4) is 5.88 Å². The lowest BCUT2D eigenvalue weighted by molar-refractivity contribution is -0.139. The Morgan fingerprint density at radius 1 is 1.33 bits per heavy atom. The maximum Gasteiger partial charge on any atom is 0.313 e. The molecule has 1 aromatic heterocycles. The maximum atomic E-state index is 11.4. The number of rotatable bonds is 4. The molecule has 0 bridgehead atoms. The van der Waals surface area contributed by atoms with Crippen molar-refractivity contribution in [2.75, 3.05) is 14.2 Å². The Morgan fingerprint density at radius 3 is 2.67 bits per heavy atom. The van der Waals surface area contributed by atoms with Crippen LogP contribution in [0.25, 0.3) is 0 Å². The summed E-state index contributed by atoms with van der Waals surface area (Å²) < 4.78 is 9.15. The lowest BCUT2D eigenvalue weighted by Gasteiger charge is -2.01. The molecule has 80 valence electrons. The first-order valence-corrected chi connectivity index (χ1v) is 4.13. The van der Waals surface area contributed by atoms with Crippen molar-refractivity contribution in [2.45, 2.75) is 6.42 Å². The molecule has 1 rings (SSSR count). The van der Waals surface area contributed by atoms with E-state index in [4.69, 9.17) is 4.74 Å². The van der Waals surface area contributed by atoms with Gasteiger partial charge < -0.3 is 9.47 Å². The van der Waals surface area contributed by atoms with Crippen LogP contribution in [0, 0.1) is 0 Å². The zero-order valence-corrected chi connectivity index (χ0v) is 8.39. The van der Waals surface area contributed by atoms with E-state index in [1.807, 2.05) is 0 Å². The summed E-state index contributed by atoms with van der Waals surface area (Å²) in [6, 6.07) is 0. The van der Waals surface area contributed by atoms with Gasteiger partial charge in [-0.1, -0.05) is 0 Å². The first-order chi connectivity index (χ1) is 7.17. The second-order valence-corrected chi connectivity index (χ2v) is 2.62. The van der Waals surface area contributed by atoms with E-state index in [0.717, 1.165) is 0 Å². The number of carbonyl (C=O) groups is 2. The molecule has 1 aromatic rings. The molecule has 0 aliphatic rings. The fraction of sp³-hybridized carbons (Fsp3) is 0.333. The molecule has 0 unspecified atom stereocenters. The van der Waals surface area contributed by atoms with E-state index in [1.165, 1.54) is 26.6 Å². The molecule has 1 heterocycles. The first kappa shape index (κ1) is 11.1. The number of methoxy groups -OCH3 is 2. The number of ketones is 1. The standard InChI is InChI=1S/C9H10N2O4/c1-14-8-5-10-4-6(11-8)7(12)3-9(13)15-2/h4-5H,3H2,1-2H3. The van der Waals surface area contributed by atoms with Crippen molar-refractivity contribution in [1.29, 1.82) is 0 Å². The van der Waals surface area contributed by atoms with Crippen LogP contribution in [0.3, 0.4) is 0 Å². The highest BCUT2D eigenvalue weighted by molar-refractivity contribution is 6.04. The molecule has 6 nitrogen and oxygen atoms in total. The minimum atomic E-state index is -0.607. The van der Waals surface area contributed by atoms with Gasteiger partial charge in [0.15, 0.2) is 5.78 Å². The Kier molecular flexibility index (Phi) is 3.73. The molecule has 0 radical (unpaired) electrons. The van der Waals surface area contributed by atoms with E-state index in [-0.39, 0.29) is 18.0 Å². The van der Waals surface area contributed by atoms with E-state index in [0.29, 0.717) is 0 Å². The smallest absolute Gasteiger partial charge is 0.313 e. The number of aromatic nitrogens is 2. The molecule has 0 aliphatic heterocycles. The zero-order chi connectivity index (χ0) is 11.3. The van der Waals surface area contributed by atoms with Crippen LogP contribution in [0.5, 0.6) is 5.88 Å². The van der Waals surface area contributed by atoms with E-state index >= 15 is 0 Å². The number of esters is 1. The lowest BCUT2D eigenvalue weighted by atomic mass is 10.2. The molecule has 15 heavy (non-hydrogen) atoms. The van der Waals surface area contributed by atoms with Crippen molar-refractivity contribution >= 4 is 11.8 Å². The van der Waals surface area contributed by atoms with Crippen LogP contribution in [-0.2, 0) is 9.53 Å². The summed E-state index contributed by atoms with van der Waals surface area (Å²) in [6.07, 6.45) is 2.29. The predicted molar refractivity (Wildman–Crippen MR) is 49.5 cm³/mol. The average Bonchev–Trinajstić information content (AvgIpc) is 2.28. The number of nitrogens with zero attached hydrogens (tertiary/aromatic N) is 2. The van der Waals surface area contributed by atoms with Gasteiger partial charge in [0.25, 0.3) is 0 Å². The van der Waals surface area contributed by atoms with Crippen molar-refractivity contribution in [3.05, 3.63) is 18.1 Å². The van der Waals surface area contributed by atoms with Crippen LogP contribution in [0.2, 0.25) is 0 Å². The summed E-state index contributed by atoms with van der Waals surface area (Å²) in [5.74, 6) is -0.830. The van der Waals surface area contributed by atoms with Crippen molar-refractivity contribution < 1.29 is 19.1 Å². The monoisotopic (exact) mass is 210 g/mol. The first-order valence-electron chi connectivity index (χ1n) is 4.13.